The van der Waals surface area contributed by atoms with E-state index in [0.29, 0.717) is 6.54 Å². The Morgan fingerprint density at radius 3 is 2.81 bits per heavy atom. The van der Waals surface area contributed by atoms with Crippen molar-refractivity contribution in [3.8, 4) is 0 Å². The maximum Gasteiger partial charge on any atom is 0.219 e. The van der Waals surface area contributed by atoms with E-state index in [2.05, 4.69) is 18.3 Å². The van der Waals surface area contributed by atoms with Crippen molar-refractivity contribution in [1.82, 2.24) is 4.90 Å². The van der Waals surface area contributed by atoms with E-state index in [-0.39, 0.29) is 5.91 Å². The Bertz CT molecular complexity index is 350. The molecule has 0 aromatic heterocycles. The van der Waals surface area contributed by atoms with Gasteiger partial charge in [0.1, 0.15) is 0 Å². The zero-order valence-electron chi connectivity index (χ0n) is 10.3. The van der Waals surface area contributed by atoms with Crippen molar-refractivity contribution >= 4 is 11.6 Å². The Kier molecular flexibility index (Phi) is 4.83. The summed E-state index contributed by atoms with van der Waals surface area (Å²) in [5.41, 5.74) is 2.27. The van der Waals surface area contributed by atoms with Gasteiger partial charge in [0, 0.05) is 32.7 Å². The van der Waals surface area contributed by atoms with Gasteiger partial charge in [0.25, 0.3) is 0 Å². The van der Waals surface area contributed by atoms with E-state index in [4.69, 9.17) is 0 Å². The molecule has 3 nitrogen and oxygen atoms in total. The molecule has 0 atom stereocenters. The largest absolute Gasteiger partial charge is 0.385 e. The third-order valence-corrected chi connectivity index (χ3v) is 2.46. The molecule has 0 spiro atoms. The van der Waals surface area contributed by atoms with Crippen molar-refractivity contribution in [1.29, 1.82) is 0 Å². The molecular weight excluding hydrogens is 200 g/mol. The molecular formula is C13H20N2O. The zero-order chi connectivity index (χ0) is 12.0. The highest BCUT2D eigenvalue weighted by atomic mass is 16.2. The monoisotopic (exact) mass is 220 g/mol. The van der Waals surface area contributed by atoms with Crippen LogP contribution in [0.25, 0.3) is 0 Å². The number of hydrogen-bond donors (Lipinski definition) is 1. The zero-order valence-corrected chi connectivity index (χ0v) is 10.3. The van der Waals surface area contributed by atoms with Crippen LogP contribution >= 0.6 is 0 Å². The third-order valence-electron chi connectivity index (χ3n) is 2.46. The predicted molar refractivity (Wildman–Crippen MR) is 67.4 cm³/mol. The summed E-state index contributed by atoms with van der Waals surface area (Å²) in [6, 6.07) is 8.19. The number of rotatable bonds is 5. The quantitative estimate of drug-likeness (QED) is 0.826. The van der Waals surface area contributed by atoms with Gasteiger partial charge in [-0.25, -0.2) is 0 Å². The standard InChI is InChI=1S/C13H20N2O/c1-4-8-14-13-7-5-6-12(9-13)10-15(3)11(2)16/h5-7,9,14H,4,8,10H2,1-3H3. The smallest absolute Gasteiger partial charge is 0.219 e. The lowest BCUT2D eigenvalue weighted by atomic mass is 10.2. The molecule has 1 rings (SSSR count). The normalized spacial score (nSPS) is 9.94. The highest BCUT2D eigenvalue weighted by Crippen LogP contribution is 2.12. The molecule has 88 valence electrons. The van der Waals surface area contributed by atoms with E-state index in [9.17, 15) is 4.79 Å². The van der Waals surface area contributed by atoms with Gasteiger partial charge >= 0.3 is 0 Å². The lowest BCUT2D eigenvalue weighted by Gasteiger charge is -2.15. The Balaban J connectivity index is 2.63. The average Bonchev–Trinajstić information content (AvgIpc) is 2.26. The number of carbonyl (C=O) groups excluding carboxylic acids is 1. The first-order valence-corrected chi connectivity index (χ1v) is 5.68. The van der Waals surface area contributed by atoms with Crippen LogP contribution in [0.5, 0.6) is 0 Å². The van der Waals surface area contributed by atoms with Gasteiger partial charge in [0.05, 0.1) is 0 Å². The second-order valence-corrected chi connectivity index (χ2v) is 4.00. The van der Waals surface area contributed by atoms with E-state index >= 15 is 0 Å². The SMILES string of the molecule is CCCNc1cccc(CN(C)C(C)=O)c1. The molecule has 1 amide bonds. The topological polar surface area (TPSA) is 32.3 Å². The molecule has 16 heavy (non-hydrogen) atoms. The van der Waals surface area contributed by atoms with Gasteiger partial charge < -0.3 is 10.2 Å². The minimum absolute atomic E-state index is 0.0897. The molecule has 0 unspecified atom stereocenters. The fourth-order valence-corrected chi connectivity index (χ4v) is 1.43. The van der Waals surface area contributed by atoms with E-state index in [1.807, 2.05) is 25.2 Å². The van der Waals surface area contributed by atoms with Crippen molar-refractivity contribution in [3.05, 3.63) is 29.8 Å². The molecule has 0 aliphatic heterocycles. The van der Waals surface area contributed by atoms with Crippen LogP contribution in [0.3, 0.4) is 0 Å². The summed E-state index contributed by atoms with van der Waals surface area (Å²) in [6.45, 7) is 5.36. The van der Waals surface area contributed by atoms with E-state index in [0.717, 1.165) is 24.2 Å². The fourth-order valence-electron chi connectivity index (χ4n) is 1.43. The highest BCUT2D eigenvalue weighted by molar-refractivity contribution is 5.72. The molecule has 0 saturated heterocycles. The maximum absolute atomic E-state index is 11.1. The minimum atomic E-state index is 0.0897. The van der Waals surface area contributed by atoms with Crippen LogP contribution in [0.2, 0.25) is 0 Å². The van der Waals surface area contributed by atoms with Crippen LogP contribution < -0.4 is 5.32 Å². The lowest BCUT2D eigenvalue weighted by molar-refractivity contribution is -0.128. The minimum Gasteiger partial charge on any atom is -0.385 e. The van der Waals surface area contributed by atoms with Crippen LogP contribution in [0.15, 0.2) is 24.3 Å². The van der Waals surface area contributed by atoms with Crippen LogP contribution in [0, 0.1) is 0 Å². The second-order valence-electron chi connectivity index (χ2n) is 4.00. The second kappa shape index (κ2) is 6.16. The third kappa shape index (κ3) is 3.93. The van der Waals surface area contributed by atoms with Crippen molar-refractivity contribution in [2.24, 2.45) is 0 Å². The van der Waals surface area contributed by atoms with Crippen molar-refractivity contribution in [3.63, 3.8) is 0 Å². The Morgan fingerprint density at radius 2 is 2.19 bits per heavy atom. The van der Waals surface area contributed by atoms with Gasteiger partial charge in [0.2, 0.25) is 5.91 Å². The summed E-state index contributed by atoms with van der Waals surface area (Å²) in [5.74, 6) is 0.0897. The van der Waals surface area contributed by atoms with Crippen LogP contribution in [0.1, 0.15) is 25.8 Å². The molecule has 0 heterocycles. The molecule has 1 aromatic carbocycles. The van der Waals surface area contributed by atoms with Gasteiger partial charge in [-0.3, -0.25) is 4.79 Å². The summed E-state index contributed by atoms with van der Waals surface area (Å²) in [6.07, 6.45) is 1.11. The molecule has 0 aliphatic carbocycles. The number of benzene rings is 1. The lowest BCUT2D eigenvalue weighted by Crippen LogP contribution is -2.23. The average molecular weight is 220 g/mol. The van der Waals surface area contributed by atoms with Crippen LogP contribution in [-0.2, 0) is 11.3 Å². The van der Waals surface area contributed by atoms with Crippen molar-refractivity contribution < 1.29 is 4.79 Å². The number of anilines is 1. The first-order valence-electron chi connectivity index (χ1n) is 5.68. The molecule has 1 aromatic rings. The van der Waals surface area contributed by atoms with Gasteiger partial charge in [0.15, 0.2) is 0 Å². The first kappa shape index (κ1) is 12.6. The van der Waals surface area contributed by atoms with Crippen LogP contribution in [-0.4, -0.2) is 24.4 Å². The molecule has 1 N–H and O–H groups in total. The molecule has 0 saturated carbocycles. The molecule has 0 bridgehead atoms. The van der Waals surface area contributed by atoms with E-state index in [1.54, 1.807) is 11.8 Å². The summed E-state index contributed by atoms with van der Waals surface area (Å²) >= 11 is 0. The molecule has 0 aliphatic rings. The Morgan fingerprint density at radius 1 is 1.44 bits per heavy atom. The van der Waals surface area contributed by atoms with Crippen LogP contribution in [0.4, 0.5) is 5.69 Å². The predicted octanol–water partition coefficient (Wildman–Crippen LogP) is 2.49. The fraction of sp³-hybridized carbons (Fsp3) is 0.462. The van der Waals surface area contributed by atoms with Gasteiger partial charge in [-0.1, -0.05) is 19.1 Å². The maximum atomic E-state index is 11.1. The van der Waals surface area contributed by atoms with E-state index in [1.165, 1.54) is 0 Å². The molecule has 0 radical (unpaired) electrons. The Labute approximate surface area is 97.5 Å². The number of carbonyl (C=O) groups is 1. The number of nitrogens with one attached hydrogen (secondary N) is 1. The number of amides is 1. The highest BCUT2D eigenvalue weighted by Gasteiger charge is 2.03. The van der Waals surface area contributed by atoms with Crippen molar-refractivity contribution in [2.45, 2.75) is 26.8 Å². The van der Waals surface area contributed by atoms with E-state index < -0.39 is 0 Å². The summed E-state index contributed by atoms with van der Waals surface area (Å²) in [5, 5.41) is 3.33. The Hall–Kier alpha value is -1.51. The summed E-state index contributed by atoms with van der Waals surface area (Å²) < 4.78 is 0. The first-order chi connectivity index (χ1) is 7.63. The summed E-state index contributed by atoms with van der Waals surface area (Å²) in [7, 11) is 1.81. The molecule has 0 fully saturated rings. The van der Waals surface area contributed by atoms with Gasteiger partial charge in [-0.05, 0) is 24.1 Å². The number of nitrogens with zero attached hydrogens (tertiary/aromatic N) is 1. The van der Waals surface area contributed by atoms with Gasteiger partial charge in [-0.15, -0.1) is 0 Å². The molecule has 3 heteroatoms. The number of hydrogen-bond acceptors (Lipinski definition) is 2. The van der Waals surface area contributed by atoms with Gasteiger partial charge in [-0.2, -0.15) is 0 Å². The summed E-state index contributed by atoms with van der Waals surface area (Å²) in [4.78, 5) is 12.8. The van der Waals surface area contributed by atoms with Crippen molar-refractivity contribution in [2.75, 3.05) is 18.9 Å².